The maximum Gasteiger partial charge on any atom is 0.259 e. The van der Waals surface area contributed by atoms with Crippen molar-refractivity contribution in [3.05, 3.63) is 53.9 Å². The predicted octanol–water partition coefficient (Wildman–Crippen LogP) is 1.94. The van der Waals surface area contributed by atoms with Crippen LogP contribution in [0.4, 0.5) is 5.69 Å². The Morgan fingerprint density at radius 2 is 2.15 bits per heavy atom. The van der Waals surface area contributed by atoms with Gasteiger partial charge in [0.2, 0.25) is 0 Å². The summed E-state index contributed by atoms with van der Waals surface area (Å²) < 4.78 is 5.21. The lowest BCUT2D eigenvalue weighted by Gasteiger charge is -2.19. The zero-order valence-corrected chi connectivity index (χ0v) is 11.5. The van der Waals surface area contributed by atoms with Gasteiger partial charge < -0.3 is 15.4 Å². The molecule has 0 saturated carbocycles. The first kappa shape index (κ1) is 13.9. The lowest BCUT2D eigenvalue weighted by molar-refractivity contribution is 0.0782. The van der Waals surface area contributed by atoms with Gasteiger partial charge in [-0.2, -0.15) is 0 Å². The number of hydrogen-bond acceptors (Lipinski definition) is 4. The molecule has 0 fully saturated rings. The van der Waals surface area contributed by atoms with Gasteiger partial charge in [0, 0.05) is 31.7 Å². The Bertz CT molecular complexity index is 599. The van der Waals surface area contributed by atoms with E-state index in [0.717, 1.165) is 5.56 Å². The number of pyridine rings is 1. The highest BCUT2D eigenvalue weighted by Crippen LogP contribution is 2.25. The fourth-order valence-corrected chi connectivity index (χ4v) is 1.98. The van der Waals surface area contributed by atoms with Crippen molar-refractivity contribution >= 4 is 11.6 Å². The van der Waals surface area contributed by atoms with Crippen LogP contribution in [0.1, 0.15) is 15.9 Å². The van der Waals surface area contributed by atoms with E-state index < -0.39 is 0 Å². The Morgan fingerprint density at radius 1 is 1.35 bits per heavy atom. The molecular weight excluding hydrogens is 254 g/mol. The van der Waals surface area contributed by atoms with Crippen LogP contribution in [0.5, 0.6) is 5.75 Å². The van der Waals surface area contributed by atoms with Crippen LogP contribution in [0.25, 0.3) is 0 Å². The summed E-state index contributed by atoms with van der Waals surface area (Å²) in [5.74, 6) is 0.303. The first-order chi connectivity index (χ1) is 9.63. The van der Waals surface area contributed by atoms with Gasteiger partial charge in [-0.05, 0) is 23.8 Å². The number of hydrogen-bond donors (Lipinski definition) is 1. The van der Waals surface area contributed by atoms with Crippen molar-refractivity contribution in [2.45, 2.75) is 6.54 Å². The van der Waals surface area contributed by atoms with Gasteiger partial charge in [0.05, 0.1) is 7.11 Å². The molecule has 0 atom stereocenters. The molecule has 104 valence electrons. The lowest BCUT2D eigenvalue weighted by Crippen LogP contribution is -2.27. The number of benzene rings is 1. The van der Waals surface area contributed by atoms with Gasteiger partial charge in [-0.25, -0.2) is 0 Å². The monoisotopic (exact) mass is 271 g/mol. The molecule has 0 aliphatic carbocycles. The maximum absolute atomic E-state index is 12.5. The molecule has 0 bridgehead atoms. The van der Waals surface area contributed by atoms with Crippen LogP contribution in [0, 0.1) is 0 Å². The summed E-state index contributed by atoms with van der Waals surface area (Å²) in [7, 11) is 3.24. The molecular formula is C15H17N3O2. The van der Waals surface area contributed by atoms with E-state index in [1.807, 2.05) is 12.1 Å². The molecule has 0 spiro atoms. The maximum atomic E-state index is 12.5. The fraction of sp³-hybridized carbons (Fsp3) is 0.200. The van der Waals surface area contributed by atoms with Crippen LogP contribution in [0.3, 0.4) is 0 Å². The van der Waals surface area contributed by atoms with Crippen molar-refractivity contribution in [1.82, 2.24) is 9.88 Å². The van der Waals surface area contributed by atoms with Gasteiger partial charge in [0.25, 0.3) is 5.91 Å². The number of amides is 1. The largest absolute Gasteiger partial charge is 0.496 e. The Hall–Kier alpha value is -2.56. The molecule has 2 N–H and O–H groups in total. The summed E-state index contributed by atoms with van der Waals surface area (Å²) in [5.41, 5.74) is 7.64. The summed E-state index contributed by atoms with van der Waals surface area (Å²) in [6.07, 6.45) is 3.43. The number of anilines is 1. The molecule has 5 nitrogen and oxygen atoms in total. The van der Waals surface area contributed by atoms with Crippen LogP contribution in [0.15, 0.2) is 42.7 Å². The third-order valence-corrected chi connectivity index (χ3v) is 2.98. The first-order valence-corrected chi connectivity index (χ1v) is 6.20. The molecule has 1 aromatic heterocycles. The Kier molecular flexibility index (Phi) is 4.20. The second kappa shape index (κ2) is 6.06. The van der Waals surface area contributed by atoms with E-state index in [0.29, 0.717) is 23.5 Å². The van der Waals surface area contributed by atoms with Gasteiger partial charge in [0.15, 0.2) is 0 Å². The zero-order chi connectivity index (χ0) is 14.5. The van der Waals surface area contributed by atoms with Crippen LogP contribution >= 0.6 is 0 Å². The molecule has 1 heterocycles. The van der Waals surface area contributed by atoms with Crippen LogP contribution in [-0.4, -0.2) is 29.9 Å². The van der Waals surface area contributed by atoms with E-state index in [2.05, 4.69) is 4.98 Å². The van der Waals surface area contributed by atoms with Crippen molar-refractivity contribution in [1.29, 1.82) is 0 Å². The van der Waals surface area contributed by atoms with Crippen molar-refractivity contribution in [2.24, 2.45) is 0 Å². The average Bonchev–Trinajstić information content (AvgIpc) is 2.47. The van der Waals surface area contributed by atoms with Crippen molar-refractivity contribution in [3.8, 4) is 5.75 Å². The molecule has 20 heavy (non-hydrogen) atoms. The summed E-state index contributed by atoms with van der Waals surface area (Å²) in [6.45, 7) is 0.462. The number of nitrogens with two attached hydrogens (primary N) is 1. The van der Waals surface area contributed by atoms with Gasteiger partial charge in [-0.3, -0.25) is 9.78 Å². The minimum absolute atomic E-state index is 0.177. The van der Waals surface area contributed by atoms with E-state index in [-0.39, 0.29) is 5.91 Å². The first-order valence-electron chi connectivity index (χ1n) is 6.20. The van der Waals surface area contributed by atoms with Gasteiger partial charge >= 0.3 is 0 Å². The molecule has 5 heteroatoms. The number of carbonyl (C=O) groups excluding carboxylic acids is 1. The second-order valence-electron chi connectivity index (χ2n) is 4.45. The number of carbonyl (C=O) groups is 1. The number of nitrogens with zero attached hydrogens (tertiary/aromatic N) is 2. The van der Waals surface area contributed by atoms with Crippen LogP contribution in [0.2, 0.25) is 0 Å². The normalized spacial score (nSPS) is 10.1. The number of nitrogen functional groups attached to an aromatic ring is 1. The zero-order valence-electron chi connectivity index (χ0n) is 11.5. The van der Waals surface area contributed by atoms with E-state index in [9.17, 15) is 4.79 Å². The van der Waals surface area contributed by atoms with E-state index in [1.54, 1.807) is 42.5 Å². The van der Waals surface area contributed by atoms with E-state index in [4.69, 9.17) is 10.5 Å². The smallest absolute Gasteiger partial charge is 0.259 e. The summed E-state index contributed by atoms with van der Waals surface area (Å²) in [5, 5.41) is 0. The molecule has 0 aliphatic heterocycles. The molecule has 0 aliphatic rings. The molecule has 2 rings (SSSR count). The predicted molar refractivity (Wildman–Crippen MR) is 77.4 cm³/mol. The van der Waals surface area contributed by atoms with E-state index >= 15 is 0 Å². The van der Waals surface area contributed by atoms with Crippen LogP contribution in [-0.2, 0) is 6.54 Å². The van der Waals surface area contributed by atoms with Crippen molar-refractivity contribution < 1.29 is 9.53 Å². The van der Waals surface area contributed by atoms with Gasteiger partial charge in [-0.1, -0.05) is 12.1 Å². The molecule has 0 saturated heterocycles. The highest BCUT2D eigenvalue weighted by atomic mass is 16.5. The van der Waals surface area contributed by atoms with E-state index in [1.165, 1.54) is 7.11 Å². The van der Waals surface area contributed by atoms with Gasteiger partial charge in [0.1, 0.15) is 11.3 Å². The van der Waals surface area contributed by atoms with Crippen LogP contribution < -0.4 is 10.5 Å². The van der Waals surface area contributed by atoms with Gasteiger partial charge in [-0.15, -0.1) is 0 Å². The summed E-state index contributed by atoms with van der Waals surface area (Å²) in [6, 6.07) is 8.93. The molecule has 0 radical (unpaired) electrons. The van der Waals surface area contributed by atoms with Crippen molar-refractivity contribution in [2.75, 3.05) is 19.9 Å². The highest BCUT2D eigenvalue weighted by Gasteiger charge is 2.19. The Balaban J connectivity index is 2.23. The lowest BCUT2D eigenvalue weighted by atomic mass is 10.1. The standard InChI is InChI=1S/C15H17N3O2/c1-18(10-11-5-4-8-17-9-11)15(19)14-12(16)6-3-7-13(14)20-2/h3-9H,10,16H2,1-2H3. The SMILES string of the molecule is COc1cccc(N)c1C(=O)N(C)Cc1cccnc1. The minimum Gasteiger partial charge on any atom is -0.496 e. The molecule has 1 amide bonds. The minimum atomic E-state index is -0.177. The third kappa shape index (κ3) is 2.88. The number of ether oxygens (including phenoxy) is 1. The molecule has 1 aromatic carbocycles. The summed E-state index contributed by atoms with van der Waals surface area (Å²) in [4.78, 5) is 18.1. The topological polar surface area (TPSA) is 68.5 Å². The fourth-order valence-electron chi connectivity index (χ4n) is 1.98. The molecule has 0 unspecified atom stereocenters. The average molecular weight is 271 g/mol. The quantitative estimate of drug-likeness (QED) is 0.863. The number of methoxy groups -OCH3 is 1. The van der Waals surface area contributed by atoms with Crippen molar-refractivity contribution in [3.63, 3.8) is 0 Å². The Morgan fingerprint density at radius 3 is 2.80 bits per heavy atom. The summed E-state index contributed by atoms with van der Waals surface area (Å²) >= 11 is 0. The number of aromatic nitrogens is 1. The third-order valence-electron chi connectivity index (χ3n) is 2.98. The highest BCUT2D eigenvalue weighted by molar-refractivity contribution is 6.01. The molecule has 2 aromatic rings. The Labute approximate surface area is 118 Å². The number of rotatable bonds is 4. The second-order valence-corrected chi connectivity index (χ2v) is 4.45.